The molecule has 1 amide bonds. The van der Waals surface area contributed by atoms with Crippen molar-refractivity contribution < 1.29 is 4.79 Å². The molecule has 86 valence electrons. The second-order valence-electron chi connectivity index (χ2n) is 3.79. The molecule has 4 heteroatoms. The summed E-state index contributed by atoms with van der Waals surface area (Å²) in [6.07, 6.45) is 4.03. The van der Waals surface area contributed by atoms with Gasteiger partial charge >= 0.3 is 0 Å². The van der Waals surface area contributed by atoms with E-state index < -0.39 is 0 Å². The number of aliphatic imine (C=N–C) groups is 1. The summed E-state index contributed by atoms with van der Waals surface area (Å²) in [5.74, 6) is 0.870. The van der Waals surface area contributed by atoms with E-state index in [-0.39, 0.29) is 0 Å². The fourth-order valence-corrected chi connectivity index (χ4v) is 1.56. The molecule has 0 bridgehead atoms. The van der Waals surface area contributed by atoms with Gasteiger partial charge in [-0.3, -0.25) is 9.79 Å². The van der Waals surface area contributed by atoms with Gasteiger partial charge in [-0.05, 0) is 33.8 Å². The van der Waals surface area contributed by atoms with Gasteiger partial charge in [0.25, 0.3) is 0 Å². The number of rotatable bonds is 5. The molecule has 0 unspecified atom stereocenters. The van der Waals surface area contributed by atoms with Crippen LogP contribution < -0.4 is 5.32 Å². The second-order valence-corrected chi connectivity index (χ2v) is 3.79. The van der Waals surface area contributed by atoms with E-state index in [1.165, 1.54) is 0 Å². The molecule has 15 heavy (non-hydrogen) atoms. The lowest BCUT2D eigenvalue weighted by molar-refractivity contribution is -0.108. The summed E-state index contributed by atoms with van der Waals surface area (Å²) in [5, 5.41) is 2.48. The van der Waals surface area contributed by atoms with Crippen LogP contribution in [0.2, 0.25) is 0 Å². The number of nitrogens with one attached hydrogen (secondary N) is 1. The first-order chi connectivity index (χ1) is 7.04. The minimum Gasteiger partial charge on any atom is -0.352 e. The Kier molecular flexibility index (Phi) is 6.42. The average molecular weight is 211 g/mol. The summed E-state index contributed by atoms with van der Waals surface area (Å²) in [4.78, 5) is 16.5. The van der Waals surface area contributed by atoms with E-state index in [2.05, 4.69) is 42.9 Å². The minimum absolute atomic E-state index is 0.379. The van der Waals surface area contributed by atoms with Crippen LogP contribution in [0.25, 0.3) is 0 Å². The second kappa shape index (κ2) is 7.04. The number of hydrogen-bond acceptors (Lipinski definition) is 2. The zero-order valence-electron chi connectivity index (χ0n) is 10.2. The fraction of sp³-hybridized carbons (Fsp3) is 0.636. The molecule has 0 radical (unpaired) electrons. The summed E-state index contributed by atoms with van der Waals surface area (Å²) in [6.45, 7) is 8.47. The van der Waals surface area contributed by atoms with E-state index >= 15 is 0 Å². The zero-order chi connectivity index (χ0) is 11.8. The highest BCUT2D eigenvalue weighted by molar-refractivity contribution is 5.93. The van der Waals surface area contributed by atoms with Gasteiger partial charge < -0.3 is 10.2 Å². The lowest BCUT2D eigenvalue weighted by Crippen LogP contribution is -2.41. The average Bonchev–Trinajstić information content (AvgIpc) is 2.15. The van der Waals surface area contributed by atoms with Crippen LogP contribution in [0.4, 0.5) is 0 Å². The highest BCUT2D eigenvalue weighted by Gasteiger charge is 2.15. The Bertz CT molecular complexity index is 236. The lowest BCUT2D eigenvalue weighted by atomic mass is 10.2. The third-order valence-electron chi connectivity index (χ3n) is 2.00. The van der Waals surface area contributed by atoms with E-state index in [1.807, 2.05) is 0 Å². The summed E-state index contributed by atoms with van der Waals surface area (Å²) in [6, 6.07) is 0.758. The monoisotopic (exact) mass is 211 g/mol. The van der Waals surface area contributed by atoms with Crippen molar-refractivity contribution in [2.24, 2.45) is 4.99 Å². The van der Waals surface area contributed by atoms with Crippen LogP contribution in [0.5, 0.6) is 0 Å². The van der Waals surface area contributed by atoms with E-state index in [9.17, 15) is 4.79 Å². The van der Waals surface area contributed by atoms with Crippen molar-refractivity contribution in [2.75, 3.05) is 7.05 Å². The van der Waals surface area contributed by atoms with Gasteiger partial charge in [0.15, 0.2) is 0 Å². The van der Waals surface area contributed by atoms with Gasteiger partial charge in [-0.15, -0.1) is 0 Å². The first-order valence-electron chi connectivity index (χ1n) is 5.16. The molecule has 4 nitrogen and oxygen atoms in total. The van der Waals surface area contributed by atoms with Crippen LogP contribution in [-0.2, 0) is 4.79 Å². The van der Waals surface area contributed by atoms with Crippen molar-refractivity contribution in [1.29, 1.82) is 0 Å². The molecule has 0 atom stereocenters. The van der Waals surface area contributed by atoms with E-state index in [0.717, 1.165) is 5.84 Å². The Labute approximate surface area is 92.1 Å². The number of nitrogens with zero attached hydrogens (tertiary/aromatic N) is 2. The number of hydrogen-bond donors (Lipinski definition) is 1. The van der Waals surface area contributed by atoms with E-state index in [4.69, 9.17) is 0 Å². The molecule has 0 heterocycles. The largest absolute Gasteiger partial charge is 0.352 e. The quantitative estimate of drug-likeness (QED) is 0.424. The van der Waals surface area contributed by atoms with E-state index in [0.29, 0.717) is 18.5 Å². The molecule has 0 rings (SSSR count). The Morgan fingerprint density at radius 1 is 1.27 bits per heavy atom. The Balaban J connectivity index is 4.69. The van der Waals surface area contributed by atoms with Gasteiger partial charge in [0.05, 0.1) is 0 Å². The van der Waals surface area contributed by atoms with Crippen molar-refractivity contribution in [3.63, 3.8) is 0 Å². The van der Waals surface area contributed by atoms with Crippen molar-refractivity contribution in [3.05, 3.63) is 12.3 Å². The van der Waals surface area contributed by atoms with Gasteiger partial charge in [-0.25, -0.2) is 0 Å². The molecule has 0 fully saturated rings. The van der Waals surface area contributed by atoms with Crippen molar-refractivity contribution in [2.45, 2.75) is 39.8 Å². The maximum absolute atomic E-state index is 10.1. The first kappa shape index (κ1) is 13.7. The van der Waals surface area contributed by atoms with Gasteiger partial charge in [0.1, 0.15) is 5.84 Å². The zero-order valence-corrected chi connectivity index (χ0v) is 10.2. The number of carbonyl (C=O) groups is 1. The summed E-state index contributed by atoms with van der Waals surface area (Å²) >= 11 is 0. The predicted octanol–water partition coefficient (Wildman–Crippen LogP) is 1.39. The molecule has 0 saturated carbocycles. The number of carbonyl (C=O) groups excluding carboxylic acids is 1. The maximum Gasteiger partial charge on any atom is 0.211 e. The molecule has 1 N–H and O–H groups in total. The van der Waals surface area contributed by atoms with Crippen molar-refractivity contribution in [3.8, 4) is 0 Å². The molecule has 0 saturated heterocycles. The molecular weight excluding hydrogens is 190 g/mol. The third kappa shape index (κ3) is 4.63. The number of amidine groups is 1. The van der Waals surface area contributed by atoms with Gasteiger partial charge in [0.2, 0.25) is 6.41 Å². The number of amides is 1. The van der Waals surface area contributed by atoms with Crippen LogP contribution in [-0.4, -0.2) is 36.3 Å². The first-order valence-corrected chi connectivity index (χ1v) is 5.16. The van der Waals surface area contributed by atoms with Gasteiger partial charge in [0, 0.05) is 25.3 Å². The van der Waals surface area contributed by atoms with Crippen LogP contribution in [0.3, 0.4) is 0 Å². The van der Waals surface area contributed by atoms with Crippen molar-refractivity contribution in [1.82, 2.24) is 10.2 Å². The fourth-order valence-electron chi connectivity index (χ4n) is 1.56. The Morgan fingerprint density at radius 3 is 2.13 bits per heavy atom. The summed E-state index contributed by atoms with van der Waals surface area (Å²) in [7, 11) is 1.75. The summed E-state index contributed by atoms with van der Waals surface area (Å²) < 4.78 is 0. The molecule has 0 aliphatic rings. The molecule has 0 spiro atoms. The Hall–Kier alpha value is -1.32. The topological polar surface area (TPSA) is 44.7 Å². The molecule has 0 aromatic carbocycles. The van der Waals surface area contributed by atoms with Gasteiger partial charge in [-0.1, -0.05) is 0 Å². The normalized spacial score (nSPS) is 12.6. The predicted molar refractivity (Wildman–Crippen MR) is 63.8 cm³/mol. The van der Waals surface area contributed by atoms with Crippen molar-refractivity contribution >= 4 is 12.2 Å². The van der Waals surface area contributed by atoms with Gasteiger partial charge in [-0.2, -0.15) is 0 Å². The molecule has 0 aliphatic heterocycles. The van der Waals surface area contributed by atoms with Crippen LogP contribution >= 0.6 is 0 Å². The highest BCUT2D eigenvalue weighted by atomic mass is 16.1. The summed E-state index contributed by atoms with van der Waals surface area (Å²) in [5.41, 5.74) is 0. The minimum atomic E-state index is 0.379. The molecule has 0 aliphatic carbocycles. The SMILES string of the molecule is CN=C(/C=C\NC=O)N(C(C)C)C(C)C. The van der Waals surface area contributed by atoms with Crippen LogP contribution in [0, 0.1) is 0 Å². The standard InChI is InChI=1S/C11H21N3O/c1-9(2)14(10(3)4)11(12-5)6-7-13-8-15/h6-10H,1-5H3,(H,13,15)/b7-6-,12-11?. The van der Waals surface area contributed by atoms with Crippen LogP contribution in [0.15, 0.2) is 17.3 Å². The lowest BCUT2D eigenvalue weighted by Gasteiger charge is -2.32. The molecule has 0 aromatic heterocycles. The highest BCUT2D eigenvalue weighted by Crippen LogP contribution is 2.07. The third-order valence-corrected chi connectivity index (χ3v) is 2.00. The Morgan fingerprint density at radius 2 is 1.80 bits per heavy atom. The van der Waals surface area contributed by atoms with Crippen LogP contribution in [0.1, 0.15) is 27.7 Å². The van der Waals surface area contributed by atoms with E-state index in [1.54, 1.807) is 19.3 Å². The maximum atomic E-state index is 10.1. The smallest absolute Gasteiger partial charge is 0.211 e. The molecular formula is C11H21N3O. The molecule has 0 aromatic rings.